The third kappa shape index (κ3) is 6.69. The first-order chi connectivity index (χ1) is 19.6. The number of hydrogen-bond acceptors (Lipinski definition) is 6. The number of aryl methyl sites for hydroxylation is 1. The van der Waals surface area contributed by atoms with Crippen LogP contribution in [0.5, 0.6) is 11.5 Å². The molecule has 0 aliphatic heterocycles. The number of nitrogens with zero attached hydrogens (tertiary/aromatic N) is 3. The largest absolute Gasteiger partial charge is 0.497 e. The molecule has 0 saturated carbocycles. The maximum absolute atomic E-state index is 13.6. The highest BCUT2D eigenvalue weighted by Gasteiger charge is 2.11. The minimum Gasteiger partial charge on any atom is -0.497 e. The molecule has 0 bridgehead atoms. The van der Waals surface area contributed by atoms with Gasteiger partial charge in [-0.2, -0.15) is 5.10 Å². The quantitative estimate of drug-likeness (QED) is 0.150. The topological polar surface area (TPSA) is 68.6 Å². The summed E-state index contributed by atoms with van der Waals surface area (Å²) in [4.78, 5) is 9.44. The normalized spacial score (nSPS) is 11.2. The fourth-order valence-corrected chi connectivity index (χ4v) is 4.24. The highest BCUT2D eigenvalue weighted by Crippen LogP contribution is 2.26. The van der Waals surface area contributed by atoms with Gasteiger partial charge in [0.05, 0.1) is 31.3 Å². The molecular weight excluding hydrogens is 503 g/mol. The van der Waals surface area contributed by atoms with Crippen LogP contribution in [0.15, 0.2) is 114 Å². The molecule has 7 heteroatoms. The van der Waals surface area contributed by atoms with E-state index in [-0.39, 0.29) is 5.82 Å². The van der Waals surface area contributed by atoms with Gasteiger partial charge in [-0.3, -0.25) is 0 Å². The number of hydrogen-bond donors (Lipinski definition) is 1. The maximum Gasteiger partial charge on any atom is 0.244 e. The summed E-state index contributed by atoms with van der Waals surface area (Å²) in [6.07, 6.45) is 1.46. The molecule has 0 aliphatic rings. The van der Waals surface area contributed by atoms with Gasteiger partial charge < -0.3 is 9.47 Å². The average Bonchev–Trinajstić information content (AvgIpc) is 3.02. The first-order valence-electron chi connectivity index (χ1n) is 12.9. The van der Waals surface area contributed by atoms with E-state index < -0.39 is 0 Å². The second kappa shape index (κ2) is 12.7. The first-order valence-corrected chi connectivity index (χ1v) is 12.9. The minimum atomic E-state index is -0.301. The Morgan fingerprint density at radius 2 is 1.30 bits per heavy atom. The van der Waals surface area contributed by atoms with Gasteiger partial charge in [-0.25, -0.2) is 19.8 Å². The van der Waals surface area contributed by atoms with Crippen LogP contribution in [-0.2, 0) is 6.42 Å². The smallest absolute Gasteiger partial charge is 0.244 e. The maximum atomic E-state index is 13.6. The van der Waals surface area contributed by atoms with E-state index in [0.29, 0.717) is 18.1 Å². The standard InChI is InChI=1S/C33H29FN4O2/c1-39-28-17-8-23(9-18-28)10-21-30(25-13-19-29(40-2)20-14-25)37-38-33-35-31(24-6-4-3-5-7-24)22-32(36-33)26-11-15-27(34)16-12-26/h3-9,11-20,22H,10,21H2,1-2H3,(H,35,36,38). The Morgan fingerprint density at radius 1 is 0.725 bits per heavy atom. The summed E-state index contributed by atoms with van der Waals surface area (Å²) in [5.74, 6) is 1.64. The molecule has 0 radical (unpaired) electrons. The number of anilines is 1. The van der Waals surface area contributed by atoms with Gasteiger partial charge in [-0.15, -0.1) is 0 Å². The van der Waals surface area contributed by atoms with E-state index in [1.807, 2.05) is 72.8 Å². The van der Waals surface area contributed by atoms with Crippen LogP contribution in [0.1, 0.15) is 17.5 Å². The molecule has 1 aromatic heterocycles. The zero-order valence-electron chi connectivity index (χ0n) is 22.3. The van der Waals surface area contributed by atoms with Crippen molar-refractivity contribution in [1.29, 1.82) is 0 Å². The summed E-state index contributed by atoms with van der Waals surface area (Å²) >= 11 is 0. The molecule has 0 aliphatic carbocycles. The number of methoxy groups -OCH3 is 2. The Labute approximate surface area is 233 Å². The van der Waals surface area contributed by atoms with Crippen LogP contribution in [-0.4, -0.2) is 29.9 Å². The Bertz CT molecular complexity index is 1570. The molecule has 0 spiro atoms. The Hall–Kier alpha value is -5.04. The summed E-state index contributed by atoms with van der Waals surface area (Å²) < 4.78 is 24.2. The van der Waals surface area contributed by atoms with E-state index in [0.717, 1.165) is 46.0 Å². The molecule has 0 saturated heterocycles. The fraction of sp³-hybridized carbons (Fsp3) is 0.121. The molecule has 1 N–H and O–H groups in total. The van der Waals surface area contributed by atoms with Gasteiger partial charge in [0.25, 0.3) is 0 Å². The Balaban J connectivity index is 1.48. The molecular formula is C33H29FN4O2. The summed E-state index contributed by atoms with van der Waals surface area (Å²) in [5.41, 5.74) is 9.19. The van der Waals surface area contributed by atoms with Crippen molar-refractivity contribution in [1.82, 2.24) is 9.97 Å². The summed E-state index contributed by atoms with van der Waals surface area (Å²) in [7, 11) is 3.30. The van der Waals surface area contributed by atoms with Crippen molar-refractivity contribution < 1.29 is 13.9 Å². The van der Waals surface area contributed by atoms with E-state index in [9.17, 15) is 4.39 Å². The molecule has 4 aromatic carbocycles. The Kier molecular flexibility index (Phi) is 8.41. The van der Waals surface area contributed by atoms with Gasteiger partial charge >= 0.3 is 0 Å². The number of hydrazone groups is 1. The van der Waals surface area contributed by atoms with Gasteiger partial charge in [0.2, 0.25) is 5.95 Å². The predicted molar refractivity (Wildman–Crippen MR) is 157 cm³/mol. The van der Waals surface area contributed by atoms with Gasteiger partial charge in [-0.05, 0) is 90.7 Å². The lowest BCUT2D eigenvalue weighted by molar-refractivity contribution is 0.414. The van der Waals surface area contributed by atoms with E-state index in [1.54, 1.807) is 26.4 Å². The molecule has 0 atom stereocenters. The van der Waals surface area contributed by atoms with Crippen LogP contribution < -0.4 is 14.9 Å². The number of nitrogens with one attached hydrogen (secondary N) is 1. The predicted octanol–water partition coefficient (Wildman–Crippen LogP) is 7.42. The van der Waals surface area contributed by atoms with E-state index >= 15 is 0 Å². The summed E-state index contributed by atoms with van der Waals surface area (Å²) in [6, 6.07) is 33.8. The van der Waals surface area contributed by atoms with E-state index in [2.05, 4.69) is 17.6 Å². The molecule has 40 heavy (non-hydrogen) atoms. The highest BCUT2D eigenvalue weighted by molar-refractivity contribution is 6.01. The zero-order chi connectivity index (χ0) is 27.7. The second-order valence-corrected chi connectivity index (χ2v) is 9.08. The monoisotopic (exact) mass is 532 g/mol. The van der Waals surface area contributed by atoms with Crippen LogP contribution in [0.4, 0.5) is 10.3 Å². The lowest BCUT2D eigenvalue weighted by Gasteiger charge is -2.11. The van der Waals surface area contributed by atoms with Crippen LogP contribution >= 0.6 is 0 Å². The molecule has 1 heterocycles. The van der Waals surface area contributed by atoms with Crippen molar-refractivity contribution in [3.05, 3.63) is 126 Å². The molecule has 0 unspecified atom stereocenters. The average molecular weight is 533 g/mol. The van der Waals surface area contributed by atoms with Gasteiger partial charge in [0, 0.05) is 11.1 Å². The van der Waals surface area contributed by atoms with Gasteiger partial charge in [0.1, 0.15) is 17.3 Å². The number of halogens is 1. The van der Waals surface area contributed by atoms with Crippen LogP contribution in [0, 0.1) is 5.82 Å². The zero-order valence-corrected chi connectivity index (χ0v) is 22.3. The lowest BCUT2D eigenvalue weighted by atomic mass is 10.0. The third-order valence-electron chi connectivity index (χ3n) is 6.46. The van der Waals surface area contributed by atoms with Gasteiger partial charge in [0.15, 0.2) is 0 Å². The van der Waals surface area contributed by atoms with Crippen molar-refractivity contribution in [3.8, 4) is 34.0 Å². The lowest BCUT2D eigenvalue weighted by Crippen LogP contribution is -2.08. The minimum absolute atomic E-state index is 0.301. The second-order valence-electron chi connectivity index (χ2n) is 9.08. The summed E-state index contributed by atoms with van der Waals surface area (Å²) in [5, 5.41) is 4.77. The van der Waals surface area contributed by atoms with Crippen LogP contribution in [0.25, 0.3) is 22.5 Å². The van der Waals surface area contributed by atoms with E-state index in [1.165, 1.54) is 17.7 Å². The highest BCUT2D eigenvalue weighted by atomic mass is 19.1. The first kappa shape index (κ1) is 26.6. The molecule has 6 nitrogen and oxygen atoms in total. The van der Waals surface area contributed by atoms with Crippen LogP contribution in [0.2, 0.25) is 0 Å². The molecule has 0 amide bonds. The van der Waals surface area contributed by atoms with Gasteiger partial charge in [-0.1, -0.05) is 42.5 Å². The Morgan fingerprint density at radius 3 is 1.90 bits per heavy atom. The molecule has 5 rings (SSSR count). The molecule has 200 valence electrons. The fourth-order valence-electron chi connectivity index (χ4n) is 4.24. The summed E-state index contributed by atoms with van der Waals surface area (Å²) in [6.45, 7) is 0. The number of benzene rings is 4. The van der Waals surface area contributed by atoms with Crippen molar-refractivity contribution >= 4 is 11.7 Å². The molecule has 5 aromatic rings. The van der Waals surface area contributed by atoms with Crippen molar-refractivity contribution in [2.75, 3.05) is 19.6 Å². The van der Waals surface area contributed by atoms with E-state index in [4.69, 9.17) is 24.5 Å². The van der Waals surface area contributed by atoms with Crippen molar-refractivity contribution in [2.45, 2.75) is 12.8 Å². The van der Waals surface area contributed by atoms with Crippen molar-refractivity contribution in [2.24, 2.45) is 5.10 Å². The number of rotatable bonds is 10. The molecule has 0 fully saturated rings. The number of aromatic nitrogens is 2. The SMILES string of the molecule is COc1ccc(CCC(=NNc2nc(-c3ccccc3)cc(-c3ccc(F)cc3)n2)c2ccc(OC)cc2)cc1. The van der Waals surface area contributed by atoms with Crippen LogP contribution in [0.3, 0.4) is 0 Å². The number of ether oxygens (including phenoxy) is 2. The third-order valence-corrected chi connectivity index (χ3v) is 6.46. The van der Waals surface area contributed by atoms with Crippen molar-refractivity contribution in [3.63, 3.8) is 0 Å².